The third-order valence-electron chi connectivity index (χ3n) is 5.13. The van der Waals surface area contributed by atoms with E-state index in [0.29, 0.717) is 56.7 Å². The molecule has 0 atom stereocenters. The summed E-state index contributed by atoms with van der Waals surface area (Å²) in [6, 6.07) is 9.40. The predicted molar refractivity (Wildman–Crippen MR) is 101 cm³/mol. The van der Waals surface area contributed by atoms with Crippen LogP contribution in [-0.4, -0.2) is 22.4 Å². The van der Waals surface area contributed by atoms with Crippen LogP contribution in [0.1, 0.15) is 40.4 Å². The van der Waals surface area contributed by atoms with Gasteiger partial charge in [0.05, 0.1) is 41.5 Å². The van der Waals surface area contributed by atoms with Gasteiger partial charge in [-0.3, -0.25) is 9.59 Å². The summed E-state index contributed by atoms with van der Waals surface area (Å²) >= 11 is 0. The molecule has 0 amide bonds. The Morgan fingerprint density at radius 2 is 2.19 bits per heavy atom. The Hall–Kier alpha value is -3.46. The number of ether oxygens (including phenoxy) is 1. The Labute approximate surface area is 155 Å². The lowest BCUT2D eigenvalue weighted by molar-refractivity contribution is 0.0987. The zero-order chi connectivity index (χ0) is 19.3. The smallest absolute Gasteiger partial charge is 0.255 e. The molecule has 1 aromatic carbocycles. The van der Waals surface area contributed by atoms with E-state index in [-0.39, 0.29) is 17.9 Å². The minimum absolute atomic E-state index is 0.0792. The molecule has 3 heterocycles. The summed E-state index contributed by atoms with van der Waals surface area (Å²) in [5.41, 5.74) is 3.56. The van der Waals surface area contributed by atoms with Crippen molar-refractivity contribution in [2.45, 2.75) is 26.8 Å². The highest BCUT2D eigenvalue weighted by Gasteiger charge is 2.29. The minimum atomic E-state index is -0.220. The molecule has 0 saturated heterocycles. The first-order chi connectivity index (χ1) is 13.0. The number of hydrogen-bond acceptors (Lipinski definition) is 5. The number of carbonyl (C=O) groups is 1. The van der Waals surface area contributed by atoms with E-state index in [2.05, 4.69) is 6.07 Å². The highest BCUT2D eigenvalue weighted by atomic mass is 16.5. The molecule has 0 unspecified atom stereocenters. The summed E-state index contributed by atoms with van der Waals surface area (Å²) in [6.07, 6.45) is 0.322. The van der Waals surface area contributed by atoms with Crippen LogP contribution in [0.15, 0.2) is 29.1 Å². The third-order valence-corrected chi connectivity index (χ3v) is 5.13. The van der Waals surface area contributed by atoms with Crippen molar-refractivity contribution in [2.75, 3.05) is 7.11 Å². The number of rotatable bonds is 3. The Balaban J connectivity index is 2.10. The molecule has 0 bridgehead atoms. The molecule has 3 aromatic rings. The van der Waals surface area contributed by atoms with E-state index in [1.807, 2.05) is 12.1 Å². The number of aromatic nitrogens is 2. The van der Waals surface area contributed by atoms with Gasteiger partial charge < -0.3 is 9.30 Å². The first-order valence-corrected chi connectivity index (χ1v) is 8.69. The number of nitrogens with zero attached hydrogens (tertiary/aromatic N) is 3. The van der Waals surface area contributed by atoms with Crippen LogP contribution in [0.25, 0.3) is 22.3 Å². The maximum absolute atomic E-state index is 12.9. The highest BCUT2D eigenvalue weighted by Crippen LogP contribution is 2.38. The number of carbonyl (C=O) groups excluding carboxylic acids is 1. The molecule has 0 saturated carbocycles. The molecule has 0 N–H and O–H groups in total. The summed E-state index contributed by atoms with van der Waals surface area (Å²) in [7, 11) is 1.55. The number of pyridine rings is 2. The second kappa shape index (κ2) is 6.06. The third kappa shape index (κ3) is 2.28. The van der Waals surface area contributed by atoms with Gasteiger partial charge in [-0.15, -0.1) is 0 Å². The van der Waals surface area contributed by atoms with Gasteiger partial charge in [-0.1, -0.05) is 13.0 Å². The van der Waals surface area contributed by atoms with Crippen LogP contribution in [-0.2, 0) is 6.54 Å². The number of benzene rings is 1. The molecular weight excluding hydrogens is 342 g/mol. The molecule has 1 aliphatic heterocycles. The molecule has 27 heavy (non-hydrogen) atoms. The highest BCUT2D eigenvalue weighted by molar-refractivity contribution is 5.99. The minimum Gasteiger partial charge on any atom is -0.496 e. The van der Waals surface area contributed by atoms with Crippen molar-refractivity contribution in [1.29, 1.82) is 5.26 Å². The lowest BCUT2D eigenvalue weighted by Gasteiger charge is -2.10. The van der Waals surface area contributed by atoms with Crippen molar-refractivity contribution in [3.05, 3.63) is 56.9 Å². The Morgan fingerprint density at radius 3 is 2.85 bits per heavy atom. The van der Waals surface area contributed by atoms with Gasteiger partial charge in [0.2, 0.25) is 0 Å². The quantitative estimate of drug-likeness (QED) is 0.524. The van der Waals surface area contributed by atoms with Gasteiger partial charge in [0.1, 0.15) is 11.8 Å². The van der Waals surface area contributed by atoms with Crippen molar-refractivity contribution in [2.24, 2.45) is 0 Å². The summed E-state index contributed by atoms with van der Waals surface area (Å²) in [5.74, 6) is 0.491. The average Bonchev–Trinajstić information content (AvgIpc) is 3.06. The van der Waals surface area contributed by atoms with E-state index in [1.165, 1.54) is 0 Å². The number of methoxy groups -OCH3 is 1. The second-order valence-corrected chi connectivity index (χ2v) is 6.52. The van der Waals surface area contributed by atoms with Crippen molar-refractivity contribution in [3.63, 3.8) is 0 Å². The predicted octanol–water partition coefficient (Wildman–Crippen LogP) is 3.21. The molecule has 6 nitrogen and oxygen atoms in total. The normalized spacial score (nSPS) is 11.8. The molecule has 2 aromatic heterocycles. The van der Waals surface area contributed by atoms with Gasteiger partial charge in [0.15, 0.2) is 5.78 Å². The van der Waals surface area contributed by atoms with Crippen LogP contribution >= 0.6 is 0 Å². The summed E-state index contributed by atoms with van der Waals surface area (Å²) in [6.45, 7) is 3.70. The first-order valence-electron chi connectivity index (χ1n) is 8.69. The van der Waals surface area contributed by atoms with Gasteiger partial charge in [-0.05, 0) is 25.1 Å². The standard InChI is InChI=1S/C21H17N3O3/c1-4-17(25)12-8-16-20-14(10-24(16)21(26)11(12)2)13(9-22)19-15(23-20)6-5-7-18(19)27-3/h5-8H,4,10H2,1-3H3. The molecule has 134 valence electrons. The second-order valence-electron chi connectivity index (χ2n) is 6.52. The molecule has 6 heteroatoms. The van der Waals surface area contributed by atoms with E-state index in [9.17, 15) is 14.9 Å². The zero-order valence-corrected chi connectivity index (χ0v) is 15.3. The topological polar surface area (TPSA) is 85.0 Å². The van der Waals surface area contributed by atoms with E-state index in [1.54, 1.807) is 37.7 Å². The Bertz CT molecular complexity index is 1230. The van der Waals surface area contributed by atoms with E-state index < -0.39 is 0 Å². The molecule has 0 spiro atoms. The number of ketones is 1. The van der Waals surface area contributed by atoms with Crippen LogP contribution in [0.5, 0.6) is 5.75 Å². The molecule has 0 radical (unpaired) electrons. The Kier molecular flexibility index (Phi) is 3.81. The largest absolute Gasteiger partial charge is 0.496 e. The lowest BCUT2D eigenvalue weighted by Crippen LogP contribution is -2.24. The van der Waals surface area contributed by atoms with Gasteiger partial charge in [0.25, 0.3) is 5.56 Å². The van der Waals surface area contributed by atoms with Crippen molar-refractivity contribution in [1.82, 2.24) is 9.55 Å². The molecule has 4 rings (SSSR count). The number of fused-ring (bicyclic) bond motifs is 4. The van der Waals surface area contributed by atoms with Gasteiger partial charge in [-0.2, -0.15) is 5.26 Å². The molecule has 0 fully saturated rings. The fourth-order valence-corrected chi connectivity index (χ4v) is 3.72. The van der Waals surface area contributed by atoms with Crippen LogP contribution in [0.4, 0.5) is 0 Å². The monoisotopic (exact) mass is 359 g/mol. The van der Waals surface area contributed by atoms with Crippen molar-refractivity contribution in [3.8, 4) is 23.2 Å². The average molecular weight is 359 g/mol. The SMILES string of the molecule is CCC(=O)c1cc2n(c(=O)c1C)Cc1c-2nc2cccc(OC)c2c1C#N. The fraction of sp³-hybridized carbons (Fsp3) is 0.238. The Morgan fingerprint density at radius 1 is 1.41 bits per heavy atom. The summed E-state index contributed by atoms with van der Waals surface area (Å²) < 4.78 is 7.00. The van der Waals surface area contributed by atoms with Crippen LogP contribution < -0.4 is 10.3 Å². The summed E-state index contributed by atoms with van der Waals surface area (Å²) in [5, 5.41) is 10.5. The summed E-state index contributed by atoms with van der Waals surface area (Å²) in [4.78, 5) is 29.9. The number of hydrogen-bond donors (Lipinski definition) is 0. The van der Waals surface area contributed by atoms with Crippen molar-refractivity contribution >= 4 is 16.7 Å². The van der Waals surface area contributed by atoms with E-state index in [0.717, 1.165) is 0 Å². The maximum atomic E-state index is 12.9. The van der Waals surface area contributed by atoms with Crippen molar-refractivity contribution < 1.29 is 9.53 Å². The van der Waals surface area contributed by atoms with Crippen LogP contribution in [0, 0.1) is 18.3 Å². The molecule has 1 aliphatic rings. The number of Topliss-reactive ketones (excluding diaryl/α,β-unsaturated/α-hetero) is 1. The van der Waals surface area contributed by atoms with Crippen LogP contribution in [0.2, 0.25) is 0 Å². The van der Waals surface area contributed by atoms with Gasteiger partial charge in [-0.25, -0.2) is 4.98 Å². The van der Waals surface area contributed by atoms with Crippen LogP contribution in [0.3, 0.4) is 0 Å². The maximum Gasteiger partial charge on any atom is 0.255 e. The van der Waals surface area contributed by atoms with Gasteiger partial charge in [0, 0.05) is 23.1 Å². The zero-order valence-electron chi connectivity index (χ0n) is 15.3. The molecular formula is C21H17N3O3. The lowest BCUT2D eigenvalue weighted by atomic mass is 9.99. The number of nitriles is 1. The van der Waals surface area contributed by atoms with Gasteiger partial charge >= 0.3 is 0 Å². The molecule has 0 aliphatic carbocycles. The van der Waals surface area contributed by atoms with E-state index >= 15 is 0 Å². The van der Waals surface area contributed by atoms with E-state index in [4.69, 9.17) is 9.72 Å². The fourth-order valence-electron chi connectivity index (χ4n) is 3.72. The first kappa shape index (κ1) is 17.0.